The minimum absolute atomic E-state index is 0.000285. The standard InChI is InChI=1S/C12H15FN2O/c13-10-3-1-9(2-4-10)7-12(16)15-11-5-6-14-8-11/h1-4,11,14H,5-8H2,(H,15,16)/t11-/m1/s1. The molecule has 1 atom stereocenters. The summed E-state index contributed by atoms with van der Waals surface area (Å²) in [5, 5.41) is 6.13. The molecule has 3 nitrogen and oxygen atoms in total. The Hall–Kier alpha value is -1.42. The number of carbonyl (C=O) groups excluding carboxylic acids is 1. The fourth-order valence-corrected chi connectivity index (χ4v) is 1.84. The van der Waals surface area contributed by atoms with Gasteiger partial charge in [0.15, 0.2) is 0 Å². The normalized spacial score (nSPS) is 19.7. The van der Waals surface area contributed by atoms with Crippen LogP contribution in [0.2, 0.25) is 0 Å². The molecule has 4 heteroatoms. The van der Waals surface area contributed by atoms with E-state index in [0.717, 1.165) is 25.1 Å². The molecular weight excluding hydrogens is 207 g/mol. The molecule has 0 bridgehead atoms. The van der Waals surface area contributed by atoms with Gasteiger partial charge in [-0.1, -0.05) is 12.1 Å². The Morgan fingerprint density at radius 1 is 1.44 bits per heavy atom. The molecule has 0 radical (unpaired) electrons. The average Bonchev–Trinajstić information content (AvgIpc) is 2.74. The lowest BCUT2D eigenvalue weighted by Gasteiger charge is -2.11. The Labute approximate surface area is 94.0 Å². The summed E-state index contributed by atoms with van der Waals surface area (Å²) >= 11 is 0. The molecule has 1 aromatic carbocycles. The first kappa shape index (κ1) is 11.1. The summed E-state index contributed by atoms with van der Waals surface area (Å²) in [5.74, 6) is -0.274. The summed E-state index contributed by atoms with van der Waals surface area (Å²) < 4.78 is 12.6. The maximum atomic E-state index is 12.6. The molecule has 0 spiro atoms. The van der Waals surface area contributed by atoms with Gasteiger partial charge in [0.2, 0.25) is 5.91 Å². The number of hydrogen-bond acceptors (Lipinski definition) is 2. The third kappa shape index (κ3) is 3.03. The molecule has 1 aliphatic rings. The smallest absolute Gasteiger partial charge is 0.224 e. The molecule has 2 N–H and O–H groups in total. The number of amides is 1. The first-order chi connectivity index (χ1) is 7.74. The lowest BCUT2D eigenvalue weighted by Crippen LogP contribution is -2.37. The molecule has 1 heterocycles. The molecule has 1 amide bonds. The van der Waals surface area contributed by atoms with Crippen molar-refractivity contribution in [1.82, 2.24) is 10.6 Å². The lowest BCUT2D eigenvalue weighted by molar-refractivity contribution is -0.121. The quantitative estimate of drug-likeness (QED) is 0.796. The largest absolute Gasteiger partial charge is 0.352 e. The first-order valence-corrected chi connectivity index (χ1v) is 5.48. The van der Waals surface area contributed by atoms with Crippen LogP contribution in [0.5, 0.6) is 0 Å². The molecule has 1 aromatic rings. The molecule has 16 heavy (non-hydrogen) atoms. The summed E-state index contributed by atoms with van der Waals surface area (Å²) in [7, 11) is 0. The van der Waals surface area contributed by atoms with E-state index >= 15 is 0 Å². The Balaban J connectivity index is 1.84. The van der Waals surface area contributed by atoms with Crippen LogP contribution in [0, 0.1) is 5.82 Å². The van der Waals surface area contributed by atoms with E-state index < -0.39 is 0 Å². The fourth-order valence-electron chi connectivity index (χ4n) is 1.84. The molecule has 0 aliphatic carbocycles. The Kier molecular flexibility index (Phi) is 3.51. The molecule has 1 fully saturated rings. The predicted octanol–water partition coefficient (Wildman–Crippen LogP) is 0.846. The first-order valence-electron chi connectivity index (χ1n) is 5.48. The van der Waals surface area contributed by atoms with E-state index in [1.165, 1.54) is 12.1 Å². The zero-order valence-corrected chi connectivity index (χ0v) is 9.00. The van der Waals surface area contributed by atoms with Crippen LogP contribution in [0.15, 0.2) is 24.3 Å². The number of rotatable bonds is 3. The highest BCUT2D eigenvalue weighted by molar-refractivity contribution is 5.78. The predicted molar refractivity (Wildman–Crippen MR) is 59.5 cm³/mol. The highest BCUT2D eigenvalue weighted by atomic mass is 19.1. The van der Waals surface area contributed by atoms with E-state index in [2.05, 4.69) is 10.6 Å². The maximum Gasteiger partial charge on any atom is 0.224 e. The fraction of sp³-hybridized carbons (Fsp3) is 0.417. The number of halogens is 1. The third-order valence-electron chi connectivity index (χ3n) is 2.70. The molecule has 0 saturated carbocycles. The van der Waals surface area contributed by atoms with E-state index in [0.29, 0.717) is 6.42 Å². The average molecular weight is 222 g/mol. The third-order valence-corrected chi connectivity index (χ3v) is 2.70. The van der Waals surface area contributed by atoms with Crippen molar-refractivity contribution in [1.29, 1.82) is 0 Å². The zero-order chi connectivity index (χ0) is 11.4. The Bertz CT molecular complexity index is 358. The van der Waals surface area contributed by atoms with Crippen LogP contribution in [0.3, 0.4) is 0 Å². The lowest BCUT2D eigenvalue weighted by atomic mass is 10.1. The highest BCUT2D eigenvalue weighted by Crippen LogP contribution is 2.04. The Morgan fingerprint density at radius 2 is 2.19 bits per heavy atom. The monoisotopic (exact) mass is 222 g/mol. The van der Waals surface area contributed by atoms with E-state index in [1.54, 1.807) is 12.1 Å². The van der Waals surface area contributed by atoms with Crippen molar-refractivity contribution in [2.75, 3.05) is 13.1 Å². The van der Waals surface area contributed by atoms with Crippen LogP contribution in [-0.4, -0.2) is 25.0 Å². The van der Waals surface area contributed by atoms with Gasteiger partial charge >= 0.3 is 0 Å². The summed E-state index contributed by atoms with van der Waals surface area (Å²) in [4.78, 5) is 11.6. The van der Waals surface area contributed by atoms with E-state index in [4.69, 9.17) is 0 Å². The number of benzene rings is 1. The maximum absolute atomic E-state index is 12.6. The van der Waals surface area contributed by atoms with Crippen molar-refractivity contribution >= 4 is 5.91 Å². The minimum atomic E-state index is -0.274. The van der Waals surface area contributed by atoms with Gasteiger partial charge in [0.25, 0.3) is 0 Å². The van der Waals surface area contributed by atoms with Gasteiger partial charge in [0.1, 0.15) is 5.82 Å². The molecule has 0 unspecified atom stereocenters. The molecule has 1 aliphatic heterocycles. The topological polar surface area (TPSA) is 41.1 Å². The van der Waals surface area contributed by atoms with Crippen LogP contribution in [0.1, 0.15) is 12.0 Å². The molecular formula is C12H15FN2O. The van der Waals surface area contributed by atoms with Crippen molar-refractivity contribution < 1.29 is 9.18 Å². The second-order valence-electron chi connectivity index (χ2n) is 4.06. The van der Waals surface area contributed by atoms with Gasteiger partial charge in [-0.15, -0.1) is 0 Å². The SMILES string of the molecule is O=C(Cc1ccc(F)cc1)N[C@@H]1CCNC1. The van der Waals surface area contributed by atoms with Crippen LogP contribution in [-0.2, 0) is 11.2 Å². The van der Waals surface area contributed by atoms with E-state index in [1.807, 2.05) is 0 Å². The van der Waals surface area contributed by atoms with Gasteiger partial charge in [0.05, 0.1) is 6.42 Å². The molecule has 86 valence electrons. The minimum Gasteiger partial charge on any atom is -0.352 e. The van der Waals surface area contributed by atoms with Gasteiger partial charge in [-0.2, -0.15) is 0 Å². The van der Waals surface area contributed by atoms with Crippen molar-refractivity contribution in [3.8, 4) is 0 Å². The Morgan fingerprint density at radius 3 is 2.81 bits per heavy atom. The highest BCUT2D eigenvalue weighted by Gasteiger charge is 2.16. The van der Waals surface area contributed by atoms with Gasteiger partial charge < -0.3 is 10.6 Å². The number of hydrogen-bond donors (Lipinski definition) is 2. The summed E-state index contributed by atoms with van der Waals surface area (Å²) in [6.45, 7) is 1.80. The van der Waals surface area contributed by atoms with Crippen molar-refractivity contribution in [2.24, 2.45) is 0 Å². The zero-order valence-electron chi connectivity index (χ0n) is 9.00. The van der Waals surface area contributed by atoms with Gasteiger partial charge in [-0.25, -0.2) is 4.39 Å². The number of nitrogens with one attached hydrogen (secondary N) is 2. The van der Waals surface area contributed by atoms with Crippen molar-refractivity contribution in [2.45, 2.75) is 18.9 Å². The van der Waals surface area contributed by atoms with Crippen molar-refractivity contribution in [3.63, 3.8) is 0 Å². The van der Waals surface area contributed by atoms with Crippen LogP contribution < -0.4 is 10.6 Å². The summed E-state index contributed by atoms with van der Waals surface area (Å²) in [6, 6.07) is 6.27. The molecule has 1 saturated heterocycles. The molecule has 2 rings (SSSR count). The van der Waals surface area contributed by atoms with Gasteiger partial charge in [0, 0.05) is 12.6 Å². The van der Waals surface area contributed by atoms with E-state index in [9.17, 15) is 9.18 Å². The van der Waals surface area contributed by atoms with Crippen molar-refractivity contribution in [3.05, 3.63) is 35.6 Å². The van der Waals surface area contributed by atoms with Crippen LogP contribution in [0.4, 0.5) is 4.39 Å². The summed E-state index contributed by atoms with van der Waals surface area (Å²) in [5.41, 5.74) is 0.838. The summed E-state index contributed by atoms with van der Waals surface area (Å²) in [6.07, 6.45) is 1.30. The number of carbonyl (C=O) groups is 1. The second-order valence-corrected chi connectivity index (χ2v) is 4.06. The van der Waals surface area contributed by atoms with Crippen LogP contribution in [0.25, 0.3) is 0 Å². The van der Waals surface area contributed by atoms with Gasteiger partial charge in [-0.3, -0.25) is 4.79 Å². The molecule has 0 aromatic heterocycles. The van der Waals surface area contributed by atoms with Gasteiger partial charge in [-0.05, 0) is 30.7 Å². The second kappa shape index (κ2) is 5.07. The van der Waals surface area contributed by atoms with Crippen LogP contribution >= 0.6 is 0 Å². The van der Waals surface area contributed by atoms with E-state index in [-0.39, 0.29) is 17.8 Å².